The maximum atomic E-state index is 5.11. The molecule has 7 heteroatoms. The van der Waals surface area contributed by atoms with Gasteiger partial charge in [-0.25, -0.2) is 0 Å². The number of hydrogen-bond donors (Lipinski definition) is 0. The summed E-state index contributed by atoms with van der Waals surface area (Å²) in [6, 6.07) is 109. The summed E-state index contributed by atoms with van der Waals surface area (Å²) in [7, 11) is -6.45. The fourth-order valence-electron chi connectivity index (χ4n) is 13.2. The monoisotopic (exact) mass is 993 g/mol. The molecular formula is C68H51N5Si2-2. The zero-order valence-electron chi connectivity index (χ0n) is 41.2. The van der Waals surface area contributed by atoms with Gasteiger partial charge in [-0.15, -0.1) is 0 Å². The predicted octanol–water partition coefficient (Wildman–Crippen LogP) is 10.4. The van der Waals surface area contributed by atoms with Crippen LogP contribution < -0.4 is 51.3 Å². The van der Waals surface area contributed by atoms with E-state index in [1.807, 2.05) is 0 Å². The van der Waals surface area contributed by atoms with Crippen LogP contribution in [0.25, 0.3) is 28.5 Å². The number of benzene rings is 11. The number of hydrogen-bond acceptors (Lipinski definition) is 4. The Morgan fingerprint density at radius 1 is 0.240 bits per heavy atom. The van der Waals surface area contributed by atoms with Gasteiger partial charge in [-0.1, -0.05) is 0 Å². The molecule has 0 fully saturated rings. The number of fused-ring (bicyclic) bond motifs is 4. The normalized spacial score (nSPS) is 14.6. The SMILES string of the molecule is c1ccc(-n2c(-c3cccc(N4c5ccccc5[SiH-](c5ccccc5)(c5ccccc5)c5ccccc54)c3)nnc2-c2cccc(N3c4ccccc4[SiH-](c4ccccc4)(c4ccccc4)c4ccccc43)c2)cc1. The van der Waals surface area contributed by atoms with Crippen molar-refractivity contribution in [1.29, 1.82) is 0 Å². The number of para-hydroxylation sites is 5. The molecule has 2 aliphatic heterocycles. The molecule has 0 saturated carbocycles. The van der Waals surface area contributed by atoms with Gasteiger partial charge in [0.1, 0.15) is 0 Å². The van der Waals surface area contributed by atoms with E-state index >= 15 is 0 Å². The molecule has 11 aromatic carbocycles. The van der Waals surface area contributed by atoms with Crippen LogP contribution in [0.5, 0.6) is 0 Å². The second-order valence-electron chi connectivity index (χ2n) is 19.9. The fraction of sp³-hybridized carbons (Fsp3) is 0. The summed E-state index contributed by atoms with van der Waals surface area (Å²) in [6.45, 7) is 0. The van der Waals surface area contributed by atoms with Crippen molar-refractivity contribution >= 4 is 91.8 Å². The van der Waals surface area contributed by atoms with Crippen LogP contribution in [0.15, 0.2) is 297 Å². The molecule has 12 aromatic rings. The van der Waals surface area contributed by atoms with Crippen molar-refractivity contribution in [2.75, 3.05) is 9.80 Å². The van der Waals surface area contributed by atoms with E-state index in [1.165, 1.54) is 64.2 Å². The molecule has 0 aliphatic carbocycles. The second kappa shape index (κ2) is 18.3. The molecule has 358 valence electrons. The van der Waals surface area contributed by atoms with Crippen LogP contribution >= 0.6 is 0 Å². The molecule has 0 radical (unpaired) electrons. The summed E-state index contributed by atoms with van der Waals surface area (Å²) in [5, 5.41) is 21.3. The third-order valence-corrected chi connectivity index (χ3v) is 27.4. The maximum absolute atomic E-state index is 5.11. The summed E-state index contributed by atoms with van der Waals surface area (Å²) in [6.07, 6.45) is 0. The van der Waals surface area contributed by atoms with Gasteiger partial charge in [0.05, 0.1) is 0 Å². The average molecular weight is 994 g/mol. The zero-order valence-corrected chi connectivity index (χ0v) is 43.5. The first kappa shape index (κ1) is 44.3. The van der Waals surface area contributed by atoms with Crippen molar-refractivity contribution < 1.29 is 0 Å². The van der Waals surface area contributed by atoms with Crippen molar-refractivity contribution in [2.24, 2.45) is 0 Å². The molecule has 3 heterocycles. The molecule has 0 unspecified atom stereocenters. The van der Waals surface area contributed by atoms with Gasteiger partial charge < -0.3 is 0 Å². The molecular weight excluding hydrogens is 943 g/mol. The quantitative estimate of drug-likeness (QED) is 0.135. The third-order valence-electron chi connectivity index (χ3n) is 16.2. The van der Waals surface area contributed by atoms with Gasteiger partial charge in [-0.2, -0.15) is 0 Å². The summed E-state index contributed by atoms with van der Waals surface area (Å²) >= 11 is 0. The first-order valence-electron chi connectivity index (χ1n) is 26.0. The second-order valence-corrected chi connectivity index (χ2v) is 28.5. The molecule has 2 aliphatic rings. The van der Waals surface area contributed by atoms with E-state index in [0.29, 0.717) is 0 Å². The van der Waals surface area contributed by atoms with E-state index in [2.05, 4.69) is 312 Å². The molecule has 0 bridgehead atoms. The van der Waals surface area contributed by atoms with E-state index in [9.17, 15) is 0 Å². The van der Waals surface area contributed by atoms with Gasteiger partial charge in [0.2, 0.25) is 0 Å². The van der Waals surface area contributed by atoms with Gasteiger partial charge >= 0.3 is 442 Å². The summed E-state index contributed by atoms with van der Waals surface area (Å²) in [5.74, 6) is 1.52. The van der Waals surface area contributed by atoms with Gasteiger partial charge in [0.25, 0.3) is 0 Å². The van der Waals surface area contributed by atoms with Crippen LogP contribution in [-0.4, -0.2) is 30.9 Å². The van der Waals surface area contributed by atoms with Crippen molar-refractivity contribution in [3.05, 3.63) is 297 Å². The van der Waals surface area contributed by atoms with E-state index in [-0.39, 0.29) is 0 Å². The van der Waals surface area contributed by atoms with E-state index in [4.69, 9.17) is 10.2 Å². The Morgan fingerprint density at radius 2 is 0.507 bits per heavy atom. The van der Waals surface area contributed by atoms with Crippen LogP contribution in [0.2, 0.25) is 0 Å². The van der Waals surface area contributed by atoms with Gasteiger partial charge in [-0.3, -0.25) is 0 Å². The molecule has 0 spiro atoms. The molecule has 75 heavy (non-hydrogen) atoms. The predicted molar refractivity (Wildman–Crippen MR) is 319 cm³/mol. The Balaban J connectivity index is 0.917. The topological polar surface area (TPSA) is 37.2 Å². The molecule has 5 nitrogen and oxygen atoms in total. The van der Waals surface area contributed by atoms with Crippen LogP contribution in [0.4, 0.5) is 34.1 Å². The van der Waals surface area contributed by atoms with Crippen molar-refractivity contribution in [3.8, 4) is 28.5 Å². The van der Waals surface area contributed by atoms with E-state index < -0.39 is 16.1 Å². The van der Waals surface area contributed by atoms with Crippen molar-refractivity contribution in [2.45, 2.75) is 0 Å². The summed E-state index contributed by atoms with van der Waals surface area (Å²) in [4.78, 5) is 4.93. The first-order chi connectivity index (χ1) is 37.2. The molecule has 14 rings (SSSR count). The molecule has 0 saturated heterocycles. The number of nitrogens with zero attached hydrogens (tertiary/aromatic N) is 5. The fourth-order valence-corrected chi connectivity index (χ4v) is 25.0. The molecule has 0 amide bonds. The first-order valence-corrected chi connectivity index (χ1v) is 30.6. The Kier molecular flexibility index (Phi) is 10.8. The van der Waals surface area contributed by atoms with Gasteiger partial charge in [0, 0.05) is 0 Å². The zero-order chi connectivity index (χ0) is 49.8. The van der Waals surface area contributed by atoms with Gasteiger partial charge in [-0.05, 0) is 0 Å². The number of aromatic nitrogens is 3. The van der Waals surface area contributed by atoms with Crippen LogP contribution in [0.3, 0.4) is 0 Å². The summed E-state index contributed by atoms with van der Waals surface area (Å²) < 4.78 is 2.22. The average Bonchev–Trinajstić information content (AvgIpc) is 3.96. The van der Waals surface area contributed by atoms with Crippen molar-refractivity contribution in [3.63, 3.8) is 0 Å². The Bertz CT molecular complexity index is 3610. The van der Waals surface area contributed by atoms with Gasteiger partial charge in [0.15, 0.2) is 0 Å². The molecule has 0 N–H and O–H groups in total. The van der Waals surface area contributed by atoms with Crippen molar-refractivity contribution in [1.82, 2.24) is 14.8 Å². The standard InChI is InChI=1S/C68H51N5Si2/c1-6-28-52(29-7-1)73-67(50-26-24-30-53(48-50)71-59-40-16-20-44-63(59)74(55-32-8-2-9-33-55,56-34-10-3-11-35-56)64-45-21-17-41-60(64)71)69-70-68(73)51-27-25-31-54(49-51)72-61-42-18-22-46-65(61)75(57-36-12-4-13-37-57,58-38-14-5-15-39-58)66-47-23-19-43-62(66)72/h1-49,74-75H/q-2. The minimum atomic E-state index is -3.22. The third kappa shape index (κ3) is 6.89. The van der Waals surface area contributed by atoms with Crippen LogP contribution in [0.1, 0.15) is 0 Å². The van der Waals surface area contributed by atoms with Crippen LogP contribution in [-0.2, 0) is 0 Å². The Labute approximate surface area is 439 Å². The van der Waals surface area contributed by atoms with Crippen LogP contribution in [0, 0.1) is 0 Å². The summed E-state index contributed by atoms with van der Waals surface area (Å²) in [5.41, 5.74) is 9.81. The Morgan fingerprint density at radius 3 is 0.827 bits per heavy atom. The number of rotatable bonds is 9. The molecule has 0 atom stereocenters. The van der Waals surface area contributed by atoms with E-state index in [1.54, 1.807) is 0 Å². The number of anilines is 6. The molecule has 1 aromatic heterocycles. The minimum absolute atomic E-state index is 0.762. The van der Waals surface area contributed by atoms with E-state index in [0.717, 1.165) is 39.8 Å². The Hall–Kier alpha value is -9.41.